The molecule has 4 nitrogen and oxygen atoms in total. The Labute approximate surface area is 122 Å². The highest BCUT2D eigenvalue weighted by Crippen LogP contribution is 2.27. The molecule has 3 N–H and O–H groups in total. The maximum absolute atomic E-state index is 12.2. The van der Waals surface area contributed by atoms with Crippen LogP contribution >= 0.6 is 11.6 Å². The highest BCUT2D eigenvalue weighted by Gasteiger charge is 2.11. The van der Waals surface area contributed by atoms with Crippen LogP contribution in [0, 0.1) is 6.92 Å². The van der Waals surface area contributed by atoms with Gasteiger partial charge in [-0.25, -0.2) is 0 Å². The van der Waals surface area contributed by atoms with Crippen molar-refractivity contribution in [2.75, 3.05) is 18.2 Å². The SMILES string of the molecule is COc1cc(N)ccc1NC(=O)c1cc(C)cc(Cl)c1. The number of methoxy groups -OCH3 is 1. The molecule has 0 saturated carbocycles. The minimum atomic E-state index is -0.251. The van der Waals surface area contributed by atoms with Crippen molar-refractivity contribution in [2.45, 2.75) is 6.92 Å². The molecule has 0 aliphatic carbocycles. The third-order valence-corrected chi connectivity index (χ3v) is 3.00. The molecule has 0 saturated heterocycles. The molecule has 0 aliphatic rings. The van der Waals surface area contributed by atoms with Gasteiger partial charge in [0.25, 0.3) is 5.91 Å². The normalized spacial score (nSPS) is 10.2. The second-order valence-electron chi connectivity index (χ2n) is 4.43. The van der Waals surface area contributed by atoms with Crippen LogP contribution in [0.1, 0.15) is 15.9 Å². The molecule has 1 amide bonds. The minimum Gasteiger partial charge on any atom is -0.494 e. The third kappa shape index (κ3) is 3.22. The lowest BCUT2D eigenvalue weighted by atomic mass is 10.1. The van der Waals surface area contributed by atoms with Gasteiger partial charge in [0, 0.05) is 22.3 Å². The zero-order valence-corrected chi connectivity index (χ0v) is 12.0. The van der Waals surface area contributed by atoms with E-state index in [1.54, 1.807) is 36.4 Å². The van der Waals surface area contributed by atoms with E-state index >= 15 is 0 Å². The van der Waals surface area contributed by atoms with Gasteiger partial charge in [0.05, 0.1) is 12.8 Å². The number of amides is 1. The fraction of sp³-hybridized carbons (Fsp3) is 0.133. The number of carbonyl (C=O) groups excluding carboxylic acids is 1. The Morgan fingerprint density at radius 3 is 2.65 bits per heavy atom. The van der Waals surface area contributed by atoms with Crippen molar-refractivity contribution >= 4 is 28.9 Å². The Bertz CT molecular complexity index is 636. The molecular formula is C15H15ClN2O2. The molecule has 2 aromatic carbocycles. The summed E-state index contributed by atoms with van der Waals surface area (Å²) in [5.41, 5.74) is 8.22. The van der Waals surface area contributed by atoms with Gasteiger partial charge in [0.15, 0.2) is 0 Å². The fourth-order valence-electron chi connectivity index (χ4n) is 1.87. The van der Waals surface area contributed by atoms with Crippen LogP contribution in [-0.4, -0.2) is 13.0 Å². The van der Waals surface area contributed by atoms with Crippen LogP contribution in [0.3, 0.4) is 0 Å². The number of nitrogens with one attached hydrogen (secondary N) is 1. The molecule has 2 aromatic rings. The van der Waals surface area contributed by atoms with E-state index in [2.05, 4.69) is 5.32 Å². The molecule has 0 aliphatic heterocycles. The van der Waals surface area contributed by atoms with Gasteiger partial charge in [-0.15, -0.1) is 0 Å². The van der Waals surface area contributed by atoms with E-state index in [1.165, 1.54) is 7.11 Å². The van der Waals surface area contributed by atoms with E-state index in [-0.39, 0.29) is 5.91 Å². The van der Waals surface area contributed by atoms with Crippen molar-refractivity contribution in [3.63, 3.8) is 0 Å². The molecule has 0 aromatic heterocycles. The first-order valence-electron chi connectivity index (χ1n) is 6.01. The zero-order valence-electron chi connectivity index (χ0n) is 11.2. The van der Waals surface area contributed by atoms with Crippen molar-refractivity contribution in [2.24, 2.45) is 0 Å². The van der Waals surface area contributed by atoms with Gasteiger partial charge in [0.2, 0.25) is 0 Å². The molecule has 0 atom stereocenters. The zero-order chi connectivity index (χ0) is 14.7. The Kier molecular flexibility index (Phi) is 4.15. The van der Waals surface area contributed by atoms with Crippen molar-refractivity contribution < 1.29 is 9.53 Å². The van der Waals surface area contributed by atoms with Gasteiger partial charge in [-0.3, -0.25) is 4.79 Å². The first-order valence-corrected chi connectivity index (χ1v) is 6.39. The monoisotopic (exact) mass is 290 g/mol. The maximum Gasteiger partial charge on any atom is 0.255 e. The maximum atomic E-state index is 12.2. The average Bonchev–Trinajstić information content (AvgIpc) is 2.39. The van der Waals surface area contributed by atoms with E-state index < -0.39 is 0 Å². The fourth-order valence-corrected chi connectivity index (χ4v) is 2.16. The summed E-state index contributed by atoms with van der Waals surface area (Å²) in [5.74, 6) is 0.260. The van der Waals surface area contributed by atoms with Crippen LogP contribution in [0.2, 0.25) is 5.02 Å². The summed E-state index contributed by atoms with van der Waals surface area (Å²) >= 11 is 5.96. The van der Waals surface area contributed by atoms with Crippen molar-refractivity contribution in [1.29, 1.82) is 0 Å². The molecule has 104 valence electrons. The van der Waals surface area contributed by atoms with E-state index in [0.29, 0.717) is 27.7 Å². The molecule has 20 heavy (non-hydrogen) atoms. The molecule has 2 rings (SSSR count). The molecule has 0 fully saturated rings. The van der Waals surface area contributed by atoms with Gasteiger partial charge < -0.3 is 15.8 Å². The largest absolute Gasteiger partial charge is 0.494 e. The lowest BCUT2D eigenvalue weighted by Crippen LogP contribution is -2.13. The molecular weight excluding hydrogens is 276 g/mol. The molecule has 0 unspecified atom stereocenters. The number of aryl methyl sites for hydroxylation is 1. The smallest absolute Gasteiger partial charge is 0.255 e. The summed E-state index contributed by atoms with van der Waals surface area (Å²) in [6, 6.07) is 10.2. The van der Waals surface area contributed by atoms with Gasteiger partial charge >= 0.3 is 0 Å². The van der Waals surface area contributed by atoms with Crippen LogP contribution in [-0.2, 0) is 0 Å². The molecule has 0 heterocycles. The number of ether oxygens (including phenoxy) is 1. The minimum absolute atomic E-state index is 0.251. The standard InChI is InChI=1S/C15H15ClN2O2/c1-9-5-10(7-11(16)6-9)15(19)18-13-4-3-12(17)8-14(13)20-2/h3-8H,17H2,1-2H3,(H,18,19). The van der Waals surface area contributed by atoms with Crippen LogP contribution < -0.4 is 15.8 Å². The highest BCUT2D eigenvalue weighted by atomic mass is 35.5. The molecule has 0 radical (unpaired) electrons. The number of nitrogen functional groups attached to an aromatic ring is 1. The number of hydrogen-bond acceptors (Lipinski definition) is 3. The van der Waals surface area contributed by atoms with Crippen LogP contribution in [0.15, 0.2) is 36.4 Å². The topological polar surface area (TPSA) is 64.3 Å². The highest BCUT2D eigenvalue weighted by molar-refractivity contribution is 6.31. The Hall–Kier alpha value is -2.20. The number of carbonyl (C=O) groups is 1. The second-order valence-corrected chi connectivity index (χ2v) is 4.87. The first-order chi connectivity index (χ1) is 9.49. The molecule has 5 heteroatoms. The first kappa shape index (κ1) is 14.2. The number of hydrogen-bond donors (Lipinski definition) is 2. The summed E-state index contributed by atoms with van der Waals surface area (Å²) in [6.45, 7) is 1.88. The number of nitrogens with two attached hydrogens (primary N) is 1. The number of halogens is 1. The summed E-state index contributed by atoms with van der Waals surface area (Å²) in [6.07, 6.45) is 0. The lowest BCUT2D eigenvalue weighted by Gasteiger charge is -2.11. The second kappa shape index (κ2) is 5.84. The van der Waals surface area contributed by atoms with E-state index in [0.717, 1.165) is 5.56 Å². The summed E-state index contributed by atoms with van der Waals surface area (Å²) in [5, 5.41) is 3.31. The van der Waals surface area contributed by atoms with Gasteiger partial charge in [-0.1, -0.05) is 11.6 Å². The number of benzene rings is 2. The van der Waals surface area contributed by atoms with Crippen molar-refractivity contribution in [3.05, 3.63) is 52.5 Å². The van der Waals surface area contributed by atoms with Gasteiger partial charge in [0.1, 0.15) is 5.75 Å². The van der Waals surface area contributed by atoms with Gasteiger partial charge in [-0.05, 0) is 42.8 Å². The average molecular weight is 291 g/mol. The van der Waals surface area contributed by atoms with Crippen LogP contribution in [0.25, 0.3) is 0 Å². The number of anilines is 2. The van der Waals surface area contributed by atoms with Crippen molar-refractivity contribution in [1.82, 2.24) is 0 Å². The number of rotatable bonds is 3. The Balaban J connectivity index is 2.27. The van der Waals surface area contributed by atoms with Crippen LogP contribution in [0.4, 0.5) is 11.4 Å². The predicted molar refractivity (Wildman–Crippen MR) is 81.5 cm³/mol. The summed E-state index contributed by atoms with van der Waals surface area (Å²) in [4.78, 5) is 12.2. The van der Waals surface area contributed by atoms with E-state index in [9.17, 15) is 4.79 Å². The lowest BCUT2D eigenvalue weighted by molar-refractivity contribution is 0.102. The summed E-state index contributed by atoms with van der Waals surface area (Å²) in [7, 11) is 1.52. The quantitative estimate of drug-likeness (QED) is 0.851. The molecule has 0 spiro atoms. The van der Waals surface area contributed by atoms with E-state index in [1.807, 2.05) is 6.92 Å². The Morgan fingerprint density at radius 1 is 1.25 bits per heavy atom. The Morgan fingerprint density at radius 2 is 2.00 bits per heavy atom. The summed E-state index contributed by atoms with van der Waals surface area (Å²) < 4.78 is 5.19. The van der Waals surface area contributed by atoms with Crippen molar-refractivity contribution in [3.8, 4) is 5.75 Å². The molecule has 0 bridgehead atoms. The van der Waals surface area contributed by atoms with Crippen LogP contribution in [0.5, 0.6) is 5.75 Å². The predicted octanol–water partition coefficient (Wildman–Crippen LogP) is 3.49. The third-order valence-electron chi connectivity index (χ3n) is 2.78. The van der Waals surface area contributed by atoms with Gasteiger partial charge in [-0.2, -0.15) is 0 Å². The van der Waals surface area contributed by atoms with E-state index in [4.69, 9.17) is 22.1 Å².